The molecule has 2 aromatic carbocycles. The molecule has 1 aromatic heterocycles. The van der Waals surface area contributed by atoms with Gasteiger partial charge in [0.2, 0.25) is 11.8 Å². The van der Waals surface area contributed by atoms with Crippen LogP contribution < -0.4 is 10.5 Å². The van der Waals surface area contributed by atoms with Crippen molar-refractivity contribution in [2.24, 2.45) is 0 Å². The summed E-state index contributed by atoms with van der Waals surface area (Å²) in [6, 6.07) is 13.1. The zero-order valence-electron chi connectivity index (χ0n) is 10.8. The second-order valence-electron chi connectivity index (χ2n) is 4.44. The van der Waals surface area contributed by atoms with Gasteiger partial charge in [-0.25, -0.2) is 4.98 Å². The lowest BCUT2D eigenvalue weighted by Crippen LogP contribution is -1.98. The summed E-state index contributed by atoms with van der Waals surface area (Å²) < 4.78 is 5.82. The van der Waals surface area contributed by atoms with Crippen LogP contribution in [0.15, 0.2) is 42.5 Å². The number of hydrogen-bond donors (Lipinski definition) is 1. The van der Waals surface area contributed by atoms with Crippen molar-refractivity contribution in [3.63, 3.8) is 0 Å². The van der Waals surface area contributed by atoms with Gasteiger partial charge in [0.1, 0.15) is 5.75 Å². The van der Waals surface area contributed by atoms with Gasteiger partial charge >= 0.3 is 0 Å². The van der Waals surface area contributed by atoms with Crippen molar-refractivity contribution in [3.8, 4) is 11.6 Å². The van der Waals surface area contributed by atoms with E-state index in [0.717, 1.165) is 16.5 Å². The van der Waals surface area contributed by atoms with Crippen molar-refractivity contribution in [2.45, 2.75) is 6.92 Å². The van der Waals surface area contributed by atoms with E-state index in [9.17, 15) is 0 Å². The Hall–Kier alpha value is -2.33. The molecule has 0 spiro atoms. The summed E-state index contributed by atoms with van der Waals surface area (Å²) in [7, 11) is 0. The fourth-order valence-corrected chi connectivity index (χ4v) is 2.09. The molecule has 5 heteroatoms. The van der Waals surface area contributed by atoms with E-state index in [1.54, 1.807) is 6.07 Å². The number of nitrogen functional groups attached to an aromatic ring is 1. The maximum Gasteiger partial charge on any atom is 0.232 e. The maximum atomic E-state index is 6.14. The van der Waals surface area contributed by atoms with Crippen LogP contribution in [-0.2, 0) is 0 Å². The minimum absolute atomic E-state index is 0.169. The number of para-hydroxylation sites is 1. The summed E-state index contributed by atoms with van der Waals surface area (Å²) in [6.45, 7) is 1.97. The van der Waals surface area contributed by atoms with Gasteiger partial charge in [0.15, 0.2) is 0 Å². The van der Waals surface area contributed by atoms with Crippen LogP contribution in [0.1, 0.15) is 5.56 Å². The third-order valence-corrected chi connectivity index (χ3v) is 3.19. The van der Waals surface area contributed by atoms with E-state index >= 15 is 0 Å². The molecule has 0 aliphatic carbocycles. The average molecular weight is 286 g/mol. The number of anilines is 1. The summed E-state index contributed by atoms with van der Waals surface area (Å²) in [4.78, 5) is 8.32. The first kappa shape index (κ1) is 12.7. The van der Waals surface area contributed by atoms with Crippen LogP contribution in [0.3, 0.4) is 0 Å². The SMILES string of the molecule is Cc1ccc(Cl)c(Oc2nc(N)nc3ccccc23)c1. The summed E-state index contributed by atoms with van der Waals surface area (Å²) in [5.41, 5.74) is 7.50. The van der Waals surface area contributed by atoms with E-state index in [1.165, 1.54) is 0 Å². The minimum Gasteiger partial charge on any atom is -0.437 e. The van der Waals surface area contributed by atoms with Crippen LogP contribution in [-0.4, -0.2) is 9.97 Å². The Morgan fingerprint density at radius 3 is 2.75 bits per heavy atom. The number of rotatable bonds is 2. The Bertz CT molecular complexity index is 789. The van der Waals surface area contributed by atoms with Gasteiger partial charge < -0.3 is 10.5 Å². The standard InChI is InChI=1S/C15H12ClN3O/c1-9-6-7-11(16)13(8-9)20-14-10-4-2-3-5-12(10)18-15(17)19-14/h2-8H,1H3,(H2,17,18,19). The number of fused-ring (bicyclic) bond motifs is 1. The molecule has 100 valence electrons. The van der Waals surface area contributed by atoms with Crippen molar-refractivity contribution < 1.29 is 4.74 Å². The van der Waals surface area contributed by atoms with Gasteiger partial charge in [0, 0.05) is 0 Å². The van der Waals surface area contributed by atoms with Crippen molar-refractivity contribution in [3.05, 3.63) is 53.1 Å². The highest BCUT2D eigenvalue weighted by atomic mass is 35.5. The number of nitrogens with zero attached hydrogens (tertiary/aromatic N) is 2. The predicted octanol–water partition coefficient (Wildman–Crippen LogP) is 3.97. The normalized spacial score (nSPS) is 10.7. The van der Waals surface area contributed by atoms with Crippen molar-refractivity contribution in [2.75, 3.05) is 5.73 Å². The number of nitrogens with two attached hydrogens (primary N) is 1. The lowest BCUT2D eigenvalue weighted by atomic mass is 10.2. The van der Waals surface area contributed by atoms with Gasteiger partial charge in [-0.15, -0.1) is 0 Å². The largest absolute Gasteiger partial charge is 0.437 e. The molecule has 2 N–H and O–H groups in total. The Morgan fingerprint density at radius 2 is 1.90 bits per heavy atom. The number of halogens is 1. The monoisotopic (exact) mass is 285 g/mol. The second kappa shape index (κ2) is 4.98. The molecule has 0 atom stereocenters. The van der Waals surface area contributed by atoms with Crippen molar-refractivity contribution >= 4 is 28.5 Å². The number of aryl methyl sites for hydroxylation is 1. The van der Waals surface area contributed by atoms with Gasteiger partial charge in [-0.1, -0.05) is 29.8 Å². The highest BCUT2D eigenvalue weighted by Gasteiger charge is 2.10. The summed E-state index contributed by atoms with van der Waals surface area (Å²) in [6.07, 6.45) is 0. The zero-order valence-corrected chi connectivity index (χ0v) is 11.6. The lowest BCUT2D eigenvalue weighted by molar-refractivity contribution is 0.469. The van der Waals surface area contributed by atoms with Crippen LogP contribution in [0, 0.1) is 6.92 Å². The molecule has 1 heterocycles. The first-order valence-electron chi connectivity index (χ1n) is 6.10. The Kier molecular flexibility index (Phi) is 3.16. The number of hydrogen-bond acceptors (Lipinski definition) is 4. The molecule has 0 amide bonds. The molecule has 3 aromatic rings. The summed E-state index contributed by atoms with van der Waals surface area (Å²) >= 11 is 6.14. The second-order valence-corrected chi connectivity index (χ2v) is 4.85. The third-order valence-electron chi connectivity index (χ3n) is 2.88. The van der Waals surface area contributed by atoms with E-state index in [4.69, 9.17) is 22.1 Å². The molecule has 0 aliphatic rings. The maximum absolute atomic E-state index is 6.14. The van der Waals surface area contributed by atoms with Gasteiger partial charge in [0.05, 0.1) is 15.9 Å². The fourth-order valence-electron chi connectivity index (χ4n) is 1.94. The van der Waals surface area contributed by atoms with E-state index in [0.29, 0.717) is 16.7 Å². The predicted molar refractivity (Wildman–Crippen MR) is 80.2 cm³/mol. The van der Waals surface area contributed by atoms with Crippen LogP contribution in [0.25, 0.3) is 10.9 Å². The van der Waals surface area contributed by atoms with E-state index < -0.39 is 0 Å². The Morgan fingerprint density at radius 1 is 1.10 bits per heavy atom. The third kappa shape index (κ3) is 2.38. The zero-order chi connectivity index (χ0) is 14.1. The van der Waals surface area contributed by atoms with E-state index in [2.05, 4.69) is 9.97 Å². The summed E-state index contributed by atoms with van der Waals surface area (Å²) in [5, 5.41) is 1.32. The highest BCUT2D eigenvalue weighted by molar-refractivity contribution is 6.32. The first-order valence-corrected chi connectivity index (χ1v) is 6.47. The Labute approximate surface area is 121 Å². The quantitative estimate of drug-likeness (QED) is 0.774. The number of aromatic nitrogens is 2. The lowest BCUT2D eigenvalue weighted by Gasteiger charge is -2.10. The van der Waals surface area contributed by atoms with Crippen LogP contribution in [0.5, 0.6) is 11.6 Å². The molecule has 0 saturated heterocycles. The minimum atomic E-state index is 0.169. The van der Waals surface area contributed by atoms with Crippen LogP contribution >= 0.6 is 11.6 Å². The average Bonchev–Trinajstić information content (AvgIpc) is 2.43. The van der Waals surface area contributed by atoms with Gasteiger partial charge in [-0.2, -0.15) is 4.98 Å². The molecular weight excluding hydrogens is 274 g/mol. The Balaban J connectivity index is 2.13. The molecule has 0 aliphatic heterocycles. The molecule has 20 heavy (non-hydrogen) atoms. The molecule has 0 bridgehead atoms. The molecule has 0 unspecified atom stereocenters. The highest BCUT2D eigenvalue weighted by Crippen LogP contribution is 2.32. The van der Waals surface area contributed by atoms with Gasteiger partial charge in [-0.05, 0) is 36.8 Å². The van der Waals surface area contributed by atoms with Crippen molar-refractivity contribution in [1.29, 1.82) is 0 Å². The summed E-state index contributed by atoms with van der Waals surface area (Å²) in [5.74, 6) is 1.12. The van der Waals surface area contributed by atoms with E-state index in [1.807, 2.05) is 43.3 Å². The fraction of sp³-hybridized carbons (Fsp3) is 0.0667. The molecule has 4 nitrogen and oxygen atoms in total. The molecule has 0 radical (unpaired) electrons. The molecule has 0 fully saturated rings. The topological polar surface area (TPSA) is 61.0 Å². The van der Waals surface area contributed by atoms with Crippen molar-refractivity contribution in [1.82, 2.24) is 9.97 Å². The van der Waals surface area contributed by atoms with E-state index in [-0.39, 0.29) is 5.95 Å². The molecule has 3 rings (SSSR count). The van der Waals surface area contributed by atoms with Gasteiger partial charge in [0.25, 0.3) is 0 Å². The van der Waals surface area contributed by atoms with Gasteiger partial charge in [-0.3, -0.25) is 0 Å². The molecule has 0 saturated carbocycles. The smallest absolute Gasteiger partial charge is 0.232 e. The number of benzene rings is 2. The van der Waals surface area contributed by atoms with Crippen LogP contribution in [0.4, 0.5) is 5.95 Å². The van der Waals surface area contributed by atoms with Crippen LogP contribution in [0.2, 0.25) is 5.02 Å². The number of ether oxygens (including phenoxy) is 1. The molecular formula is C15H12ClN3O. The first-order chi connectivity index (χ1) is 9.63.